The van der Waals surface area contributed by atoms with Crippen LogP contribution in [0.2, 0.25) is 0 Å². The Kier molecular flexibility index (Phi) is 2.50. The first-order valence-electron chi connectivity index (χ1n) is 6.84. The fourth-order valence-electron chi connectivity index (χ4n) is 3.58. The molecule has 2 unspecified atom stereocenters. The number of hydrogen-bond donors (Lipinski definition) is 1. The van der Waals surface area contributed by atoms with Crippen LogP contribution in [0.3, 0.4) is 0 Å². The topological polar surface area (TPSA) is 44.0 Å². The quantitative estimate of drug-likeness (QED) is 0.865. The molecule has 0 aliphatic heterocycles. The first kappa shape index (κ1) is 11.7. The minimum Gasteiger partial charge on any atom is -0.388 e. The summed E-state index contributed by atoms with van der Waals surface area (Å²) in [6.45, 7) is 1.87. The first-order chi connectivity index (χ1) is 8.62. The fourth-order valence-corrected chi connectivity index (χ4v) is 3.58. The Morgan fingerprint density at radius 1 is 1.39 bits per heavy atom. The standard InChI is InChI=1S/C16H19NO/c1-15(18,13-8-9-13)16(11-17)10-4-6-12-5-2-3-7-14(12)16/h2-3,5,7,13,18H,4,6,8-10H2,1H3. The van der Waals surface area contributed by atoms with E-state index in [-0.39, 0.29) is 0 Å². The molecule has 1 fully saturated rings. The van der Waals surface area contributed by atoms with Crippen molar-refractivity contribution in [2.45, 2.75) is 50.0 Å². The number of aryl methyl sites for hydroxylation is 1. The lowest BCUT2D eigenvalue weighted by Gasteiger charge is -2.44. The van der Waals surface area contributed by atoms with Gasteiger partial charge in [0.15, 0.2) is 0 Å². The zero-order chi connectivity index (χ0) is 12.8. The predicted octanol–water partition coefficient (Wildman–Crippen LogP) is 2.95. The number of fused-ring (bicyclic) bond motifs is 1. The molecule has 94 valence electrons. The lowest BCUT2D eigenvalue weighted by molar-refractivity contribution is -0.0272. The highest BCUT2D eigenvalue weighted by Gasteiger charge is 2.57. The molecule has 0 spiro atoms. The number of aliphatic hydroxyl groups is 1. The van der Waals surface area contributed by atoms with Gasteiger partial charge in [-0.2, -0.15) is 5.26 Å². The van der Waals surface area contributed by atoms with Gasteiger partial charge in [0.1, 0.15) is 5.41 Å². The van der Waals surface area contributed by atoms with Gasteiger partial charge >= 0.3 is 0 Å². The Morgan fingerprint density at radius 3 is 2.78 bits per heavy atom. The Hall–Kier alpha value is -1.33. The molecule has 2 nitrogen and oxygen atoms in total. The van der Waals surface area contributed by atoms with Crippen molar-refractivity contribution in [1.82, 2.24) is 0 Å². The molecule has 0 aromatic heterocycles. The summed E-state index contributed by atoms with van der Waals surface area (Å²) in [6.07, 6.45) is 4.91. The third-order valence-corrected chi connectivity index (χ3v) is 4.90. The molecule has 2 aliphatic carbocycles. The van der Waals surface area contributed by atoms with Crippen LogP contribution >= 0.6 is 0 Å². The molecule has 0 radical (unpaired) electrons. The highest BCUT2D eigenvalue weighted by atomic mass is 16.3. The van der Waals surface area contributed by atoms with E-state index >= 15 is 0 Å². The highest BCUT2D eigenvalue weighted by Crippen LogP contribution is 2.53. The summed E-state index contributed by atoms with van der Waals surface area (Å²) in [4.78, 5) is 0. The minimum absolute atomic E-state index is 0.295. The maximum atomic E-state index is 11.0. The number of nitriles is 1. The monoisotopic (exact) mass is 241 g/mol. The van der Waals surface area contributed by atoms with Gasteiger partial charge in [0.2, 0.25) is 0 Å². The molecule has 18 heavy (non-hydrogen) atoms. The van der Waals surface area contributed by atoms with E-state index in [0.717, 1.165) is 37.7 Å². The van der Waals surface area contributed by atoms with Crippen molar-refractivity contribution >= 4 is 0 Å². The molecule has 2 atom stereocenters. The number of rotatable bonds is 2. The van der Waals surface area contributed by atoms with Crippen molar-refractivity contribution < 1.29 is 5.11 Å². The van der Waals surface area contributed by atoms with Gasteiger partial charge in [-0.25, -0.2) is 0 Å². The highest BCUT2D eigenvalue weighted by molar-refractivity contribution is 5.45. The summed E-state index contributed by atoms with van der Waals surface area (Å²) in [5.74, 6) is 0.295. The second kappa shape index (κ2) is 3.83. The van der Waals surface area contributed by atoms with Gasteiger partial charge in [-0.05, 0) is 56.1 Å². The normalized spacial score (nSPS) is 30.1. The molecular weight excluding hydrogens is 222 g/mol. The molecule has 1 saturated carbocycles. The molecule has 1 aromatic carbocycles. The molecule has 0 saturated heterocycles. The third-order valence-electron chi connectivity index (χ3n) is 4.90. The second-order valence-electron chi connectivity index (χ2n) is 5.95. The zero-order valence-electron chi connectivity index (χ0n) is 10.8. The molecular formula is C16H19NO. The van der Waals surface area contributed by atoms with E-state index in [0.29, 0.717) is 5.92 Å². The van der Waals surface area contributed by atoms with Gasteiger partial charge in [0.25, 0.3) is 0 Å². The lowest BCUT2D eigenvalue weighted by Crippen LogP contribution is -2.52. The van der Waals surface area contributed by atoms with Crippen LogP contribution in [0.25, 0.3) is 0 Å². The summed E-state index contributed by atoms with van der Waals surface area (Å²) in [5.41, 5.74) is 0.711. The number of hydrogen-bond acceptors (Lipinski definition) is 2. The molecule has 2 aliphatic rings. The van der Waals surface area contributed by atoms with Gasteiger partial charge in [-0.15, -0.1) is 0 Å². The predicted molar refractivity (Wildman–Crippen MR) is 70.0 cm³/mol. The van der Waals surface area contributed by atoms with E-state index in [1.807, 2.05) is 25.1 Å². The van der Waals surface area contributed by atoms with Crippen molar-refractivity contribution in [3.8, 4) is 6.07 Å². The van der Waals surface area contributed by atoms with E-state index in [9.17, 15) is 10.4 Å². The van der Waals surface area contributed by atoms with Crippen LogP contribution < -0.4 is 0 Å². The molecule has 1 N–H and O–H groups in total. The summed E-state index contributed by atoms with van der Waals surface area (Å²) >= 11 is 0. The Bertz CT molecular complexity index is 510. The van der Waals surface area contributed by atoms with E-state index in [1.54, 1.807) is 0 Å². The molecule has 0 bridgehead atoms. The smallest absolute Gasteiger partial charge is 0.111 e. The van der Waals surface area contributed by atoms with Crippen molar-refractivity contribution in [3.05, 3.63) is 35.4 Å². The van der Waals surface area contributed by atoms with Crippen molar-refractivity contribution in [1.29, 1.82) is 5.26 Å². The van der Waals surface area contributed by atoms with E-state index in [4.69, 9.17) is 0 Å². The lowest BCUT2D eigenvalue weighted by atomic mass is 9.60. The van der Waals surface area contributed by atoms with Gasteiger partial charge in [0.05, 0.1) is 11.7 Å². The minimum atomic E-state index is -0.891. The maximum absolute atomic E-state index is 11.0. The molecule has 1 aromatic rings. The van der Waals surface area contributed by atoms with Gasteiger partial charge in [-0.3, -0.25) is 0 Å². The van der Waals surface area contributed by atoms with Gasteiger partial charge in [-0.1, -0.05) is 24.3 Å². The number of benzene rings is 1. The van der Waals surface area contributed by atoms with Crippen LogP contribution in [0.1, 0.15) is 43.7 Å². The molecule has 0 heterocycles. The zero-order valence-corrected chi connectivity index (χ0v) is 10.8. The van der Waals surface area contributed by atoms with Gasteiger partial charge in [0, 0.05) is 0 Å². The van der Waals surface area contributed by atoms with E-state index in [2.05, 4.69) is 12.1 Å². The van der Waals surface area contributed by atoms with Crippen LogP contribution in [0.15, 0.2) is 24.3 Å². The Labute approximate surface area is 108 Å². The SMILES string of the molecule is CC(O)(C1CC1)C1(C#N)CCCc2ccccc21. The molecule has 3 rings (SSSR count). The van der Waals surface area contributed by atoms with Crippen molar-refractivity contribution in [2.75, 3.05) is 0 Å². The number of nitrogens with zero attached hydrogens (tertiary/aromatic N) is 1. The Balaban J connectivity index is 2.16. The second-order valence-corrected chi connectivity index (χ2v) is 5.95. The Morgan fingerprint density at radius 2 is 2.11 bits per heavy atom. The van der Waals surface area contributed by atoms with E-state index in [1.165, 1.54) is 5.56 Å². The van der Waals surface area contributed by atoms with E-state index < -0.39 is 11.0 Å². The van der Waals surface area contributed by atoms with Crippen molar-refractivity contribution in [2.24, 2.45) is 5.92 Å². The van der Waals surface area contributed by atoms with Gasteiger partial charge < -0.3 is 5.11 Å². The largest absolute Gasteiger partial charge is 0.388 e. The maximum Gasteiger partial charge on any atom is 0.111 e. The fraction of sp³-hybridized carbons (Fsp3) is 0.562. The van der Waals surface area contributed by atoms with Crippen molar-refractivity contribution in [3.63, 3.8) is 0 Å². The van der Waals surface area contributed by atoms with Crippen LogP contribution in [0.5, 0.6) is 0 Å². The first-order valence-corrected chi connectivity index (χ1v) is 6.84. The third kappa shape index (κ3) is 1.44. The average molecular weight is 241 g/mol. The summed E-state index contributed by atoms with van der Waals surface area (Å²) in [5, 5.41) is 20.7. The average Bonchev–Trinajstić information content (AvgIpc) is 3.22. The molecule has 0 amide bonds. The summed E-state index contributed by atoms with van der Waals surface area (Å²) < 4.78 is 0. The van der Waals surface area contributed by atoms with Crippen LogP contribution in [-0.4, -0.2) is 10.7 Å². The van der Waals surface area contributed by atoms with Crippen LogP contribution in [-0.2, 0) is 11.8 Å². The van der Waals surface area contributed by atoms with Crippen LogP contribution in [0.4, 0.5) is 0 Å². The summed E-state index contributed by atoms with van der Waals surface area (Å²) in [7, 11) is 0. The molecule has 2 heteroatoms. The van der Waals surface area contributed by atoms with Crippen LogP contribution in [0, 0.1) is 17.2 Å². The summed E-state index contributed by atoms with van der Waals surface area (Å²) in [6, 6.07) is 10.6.